The van der Waals surface area contributed by atoms with Gasteiger partial charge in [0, 0.05) is 25.6 Å². The molecule has 2 heterocycles. The van der Waals surface area contributed by atoms with Crippen molar-refractivity contribution in [2.45, 2.75) is 104 Å². The average molecular weight is 733 g/mol. The molecular weight excluding hydrogens is 681 g/mol. The summed E-state index contributed by atoms with van der Waals surface area (Å²) >= 11 is 0.953. The first kappa shape index (κ1) is 41.8. The number of ether oxygens (including phenoxy) is 6. The van der Waals surface area contributed by atoms with Gasteiger partial charge in [0.05, 0.1) is 31.5 Å². The number of anilines is 1. The monoisotopic (exact) mass is 732 g/mol. The van der Waals surface area contributed by atoms with E-state index in [1.54, 1.807) is 27.7 Å². The number of hydrogen-bond donors (Lipinski definition) is 0. The lowest BCUT2D eigenvalue weighted by Gasteiger charge is -2.37. The van der Waals surface area contributed by atoms with Crippen LogP contribution in [0.3, 0.4) is 0 Å². The molecule has 1 aromatic heterocycles. The molecule has 18 heteroatoms. The molecule has 0 N–H and O–H groups in total. The molecule has 2 rings (SSSR count). The summed E-state index contributed by atoms with van der Waals surface area (Å²) in [6.45, 7) is 19.9. The van der Waals surface area contributed by atoms with Gasteiger partial charge in [0.1, 0.15) is 12.7 Å². The van der Waals surface area contributed by atoms with Gasteiger partial charge in [-0.15, -0.1) is 4.37 Å². The standard InChI is InChI=1S/C31H52N4O12SSi/c1-20(45-29(40)21(2)47-49(10,11)31(7,8)9)28(39)44-19-25(38)46-23(16-35(30(4,5)6)24(37)18-42-22(3)36)17-43-27-26(32-48-33-27)34-12-14-41-15-13-34/h20-21,23H,12-19H2,1-11H3/t20-,21?,23+/m1/s1. The van der Waals surface area contributed by atoms with Gasteiger partial charge in [0.25, 0.3) is 11.8 Å². The van der Waals surface area contributed by atoms with Gasteiger partial charge < -0.3 is 42.6 Å². The summed E-state index contributed by atoms with van der Waals surface area (Å²) in [5.74, 6) is -3.06. The quantitative estimate of drug-likeness (QED) is 0.137. The second-order valence-corrected chi connectivity index (χ2v) is 19.4. The molecule has 49 heavy (non-hydrogen) atoms. The molecule has 0 bridgehead atoms. The van der Waals surface area contributed by atoms with Crippen LogP contribution in [-0.2, 0) is 52.1 Å². The summed E-state index contributed by atoms with van der Waals surface area (Å²) < 4.78 is 46.8. The highest BCUT2D eigenvalue weighted by molar-refractivity contribution is 6.99. The predicted molar refractivity (Wildman–Crippen MR) is 181 cm³/mol. The predicted octanol–water partition coefficient (Wildman–Crippen LogP) is 2.74. The fourth-order valence-electron chi connectivity index (χ4n) is 4.18. The number of nitrogens with zero attached hydrogens (tertiary/aromatic N) is 4. The van der Waals surface area contributed by atoms with Gasteiger partial charge in [0.2, 0.25) is 5.82 Å². The normalized spacial score (nSPS) is 15.8. The minimum absolute atomic E-state index is 0.142. The van der Waals surface area contributed by atoms with Crippen LogP contribution in [0.5, 0.6) is 5.88 Å². The van der Waals surface area contributed by atoms with Crippen molar-refractivity contribution < 1.29 is 56.8 Å². The number of esters is 4. The summed E-state index contributed by atoms with van der Waals surface area (Å²) in [5.41, 5.74) is -0.778. The van der Waals surface area contributed by atoms with Crippen LogP contribution in [0.15, 0.2) is 0 Å². The third-order valence-corrected chi connectivity index (χ3v) is 13.0. The van der Waals surface area contributed by atoms with Crippen molar-refractivity contribution in [3.8, 4) is 5.88 Å². The van der Waals surface area contributed by atoms with Crippen molar-refractivity contribution in [1.82, 2.24) is 13.6 Å². The van der Waals surface area contributed by atoms with Gasteiger partial charge in [0.15, 0.2) is 33.7 Å². The van der Waals surface area contributed by atoms with E-state index in [2.05, 4.69) is 8.75 Å². The van der Waals surface area contributed by atoms with Gasteiger partial charge in [-0.1, -0.05) is 20.8 Å². The van der Waals surface area contributed by atoms with E-state index in [-0.39, 0.29) is 24.1 Å². The average Bonchev–Trinajstić information content (AvgIpc) is 3.47. The van der Waals surface area contributed by atoms with Crippen LogP contribution >= 0.6 is 11.7 Å². The van der Waals surface area contributed by atoms with Crippen molar-refractivity contribution in [2.75, 3.05) is 57.6 Å². The van der Waals surface area contributed by atoms with Gasteiger partial charge in [-0.25, -0.2) is 14.4 Å². The number of morpholine rings is 1. The third kappa shape index (κ3) is 13.5. The minimum Gasteiger partial charge on any atom is -0.470 e. The number of hydrogen-bond acceptors (Lipinski definition) is 16. The van der Waals surface area contributed by atoms with E-state index in [0.717, 1.165) is 11.7 Å². The lowest BCUT2D eigenvalue weighted by Crippen LogP contribution is -2.52. The topological polar surface area (TPSA) is 182 Å². The Morgan fingerprint density at radius 2 is 1.55 bits per heavy atom. The zero-order valence-corrected chi connectivity index (χ0v) is 32.3. The lowest BCUT2D eigenvalue weighted by atomic mass is 10.1. The molecule has 0 spiro atoms. The SMILES string of the molecule is CC(=O)OCC(=O)N(C[C@@H](COc1nsnc1N1CCOCC1)OC(=O)COC(=O)[C@@H](C)OC(=O)C(C)O[Si](C)(C)C(C)(C)C)C(C)(C)C. The van der Waals surface area contributed by atoms with E-state index in [4.69, 9.17) is 32.8 Å². The van der Waals surface area contributed by atoms with Crippen molar-refractivity contribution in [2.24, 2.45) is 0 Å². The maximum atomic E-state index is 13.1. The van der Waals surface area contributed by atoms with Crippen molar-refractivity contribution >= 4 is 55.6 Å². The summed E-state index contributed by atoms with van der Waals surface area (Å²) in [4.78, 5) is 66.0. The molecule has 278 valence electrons. The van der Waals surface area contributed by atoms with Gasteiger partial charge in [-0.05, 0) is 52.8 Å². The molecule has 0 aliphatic carbocycles. The Hall–Kier alpha value is -3.35. The van der Waals surface area contributed by atoms with Crippen LogP contribution in [0.2, 0.25) is 18.1 Å². The van der Waals surface area contributed by atoms with Crippen molar-refractivity contribution in [3.63, 3.8) is 0 Å². The molecule has 1 amide bonds. The zero-order valence-electron chi connectivity index (χ0n) is 30.5. The fraction of sp³-hybridized carbons (Fsp3) is 0.774. The molecule has 0 aromatic carbocycles. The lowest BCUT2D eigenvalue weighted by molar-refractivity contribution is -0.176. The summed E-state index contributed by atoms with van der Waals surface area (Å²) in [6, 6.07) is 0. The van der Waals surface area contributed by atoms with Crippen LogP contribution in [-0.4, -0.2) is 128 Å². The van der Waals surface area contributed by atoms with E-state index < -0.39 is 75.2 Å². The van der Waals surface area contributed by atoms with Gasteiger partial charge in [-0.2, -0.15) is 4.37 Å². The van der Waals surface area contributed by atoms with Crippen LogP contribution in [0.1, 0.15) is 62.3 Å². The van der Waals surface area contributed by atoms with Crippen molar-refractivity contribution in [3.05, 3.63) is 0 Å². The summed E-state index contributed by atoms with van der Waals surface area (Å²) in [5, 5.41) is -0.142. The fourth-order valence-corrected chi connectivity index (χ4v) is 6.03. The Morgan fingerprint density at radius 3 is 2.12 bits per heavy atom. The molecule has 1 fully saturated rings. The van der Waals surface area contributed by atoms with Crippen LogP contribution in [0, 0.1) is 0 Å². The third-order valence-electron chi connectivity index (χ3n) is 7.92. The van der Waals surface area contributed by atoms with Crippen LogP contribution in [0.4, 0.5) is 5.82 Å². The smallest absolute Gasteiger partial charge is 0.347 e. The first-order valence-corrected chi connectivity index (χ1v) is 19.7. The minimum atomic E-state index is -2.28. The Morgan fingerprint density at radius 1 is 0.918 bits per heavy atom. The molecule has 16 nitrogen and oxygen atoms in total. The number of rotatable bonds is 16. The summed E-state index contributed by atoms with van der Waals surface area (Å²) in [6.07, 6.45) is -3.31. The number of amides is 1. The molecule has 1 aliphatic rings. The molecule has 1 saturated heterocycles. The Balaban J connectivity index is 2.10. The first-order valence-electron chi connectivity index (χ1n) is 16.1. The van der Waals surface area contributed by atoms with Crippen LogP contribution < -0.4 is 9.64 Å². The molecule has 0 saturated carbocycles. The van der Waals surface area contributed by atoms with Crippen LogP contribution in [0.25, 0.3) is 0 Å². The first-order chi connectivity index (χ1) is 22.6. The highest BCUT2D eigenvalue weighted by atomic mass is 32.1. The van der Waals surface area contributed by atoms with Crippen molar-refractivity contribution in [1.29, 1.82) is 0 Å². The Kier molecular flexibility index (Phi) is 15.4. The Bertz CT molecular complexity index is 1290. The second kappa shape index (κ2) is 18.0. The van der Waals surface area contributed by atoms with E-state index in [1.165, 1.54) is 18.7 Å². The number of carbonyl (C=O) groups excluding carboxylic acids is 5. The zero-order chi connectivity index (χ0) is 37.2. The van der Waals surface area contributed by atoms with E-state index in [1.807, 2.05) is 38.8 Å². The highest BCUT2D eigenvalue weighted by Crippen LogP contribution is 2.37. The maximum Gasteiger partial charge on any atom is 0.347 e. The van der Waals surface area contributed by atoms with E-state index >= 15 is 0 Å². The molecule has 1 unspecified atom stereocenters. The molecule has 3 atom stereocenters. The molecule has 1 aliphatic heterocycles. The number of carbonyl (C=O) groups is 5. The molecule has 0 radical (unpaired) electrons. The summed E-state index contributed by atoms with van der Waals surface area (Å²) in [7, 11) is -2.28. The maximum absolute atomic E-state index is 13.1. The van der Waals surface area contributed by atoms with Gasteiger partial charge in [-0.3, -0.25) is 9.59 Å². The van der Waals surface area contributed by atoms with E-state index in [9.17, 15) is 24.0 Å². The van der Waals surface area contributed by atoms with Gasteiger partial charge >= 0.3 is 23.9 Å². The van der Waals surface area contributed by atoms with E-state index in [0.29, 0.717) is 32.1 Å². The molecule has 1 aromatic rings. The second-order valence-electron chi connectivity index (χ2n) is 14.1. The highest BCUT2D eigenvalue weighted by Gasteiger charge is 2.40. The Labute approximate surface area is 293 Å². The largest absolute Gasteiger partial charge is 0.470 e. The number of aromatic nitrogens is 2. The molecular formula is C31H52N4O12SSi.